The summed E-state index contributed by atoms with van der Waals surface area (Å²) in [5.74, 6) is -0.898. The molecule has 0 fully saturated rings. The summed E-state index contributed by atoms with van der Waals surface area (Å²) in [5, 5.41) is 12.6. The lowest BCUT2D eigenvalue weighted by atomic mass is 10.0. The maximum Gasteiger partial charge on any atom is 0.127 e. The minimum Gasteiger partial charge on any atom is -0.389 e. The Bertz CT molecular complexity index is 353. The van der Waals surface area contributed by atoms with E-state index >= 15 is 0 Å². The van der Waals surface area contributed by atoms with Crippen molar-refractivity contribution in [1.82, 2.24) is 5.32 Å². The fourth-order valence-electron chi connectivity index (χ4n) is 1.27. The number of rotatable bonds is 5. The molecule has 0 heterocycles. The molecule has 0 saturated heterocycles. The summed E-state index contributed by atoms with van der Waals surface area (Å²) in [6, 6.07) is 3.34. The average Bonchev–Trinajstić information content (AvgIpc) is 2.23. The van der Waals surface area contributed by atoms with Crippen molar-refractivity contribution in [3.63, 3.8) is 0 Å². The lowest BCUT2D eigenvalue weighted by Gasteiger charge is -2.21. The molecule has 1 atom stereocenters. The van der Waals surface area contributed by atoms with Crippen molar-refractivity contribution < 1.29 is 13.9 Å². The second-order valence-electron chi connectivity index (χ2n) is 4.19. The van der Waals surface area contributed by atoms with Crippen molar-refractivity contribution in [2.24, 2.45) is 0 Å². The quantitative estimate of drug-likeness (QED) is 0.811. The Hall–Kier alpha value is -1.00. The third kappa shape index (κ3) is 3.87. The SMILES string of the molecule is CCC(C)(O)CNCc1cc(F)ccc1F. The summed E-state index contributed by atoms with van der Waals surface area (Å²) in [6.45, 7) is 4.12. The Kier molecular flexibility index (Phi) is 4.38. The van der Waals surface area contributed by atoms with Gasteiger partial charge in [-0.1, -0.05) is 6.92 Å². The molecule has 2 nitrogen and oxygen atoms in total. The van der Waals surface area contributed by atoms with Crippen LogP contribution < -0.4 is 5.32 Å². The highest BCUT2D eigenvalue weighted by Gasteiger charge is 2.16. The molecular weight excluding hydrogens is 212 g/mol. The van der Waals surface area contributed by atoms with E-state index in [0.717, 1.165) is 18.2 Å². The Balaban J connectivity index is 2.52. The predicted molar refractivity (Wildman–Crippen MR) is 59.0 cm³/mol. The largest absolute Gasteiger partial charge is 0.389 e. The third-order valence-electron chi connectivity index (χ3n) is 2.59. The van der Waals surface area contributed by atoms with Gasteiger partial charge in [0.1, 0.15) is 11.6 Å². The minimum atomic E-state index is -0.816. The molecule has 0 radical (unpaired) electrons. The van der Waals surface area contributed by atoms with Gasteiger partial charge < -0.3 is 10.4 Å². The molecule has 1 aromatic carbocycles. The van der Waals surface area contributed by atoms with Crippen molar-refractivity contribution in [3.05, 3.63) is 35.4 Å². The predicted octanol–water partition coefficient (Wildman–Crippen LogP) is 2.22. The van der Waals surface area contributed by atoms with Crippen LogP contribution in [0.15, 0.2) is 18.2 Å². The lowest BCUT2D eigenvalue weighted by Crippen LogP contribution is -2.36. The Morgan fingerprint density at radius 2 is 2.06 bits per heavy atom. The van der Waals surface area contributed by atoms with E-state index in [4.69, 9.17) is 0 Å². The number of hydrogen-bond donors (Lipinski definition) is 2. The van der Waals surface area contributed by atoms with Gasteiger partial charge in [0.25, 0.3) is 0 Å². The van der Waals surface area contributed by atoms with Gasteiger partial charge in [-0.05, 0) is 31.5 Å². The van der Waals surface area contributed by atoms with Crippen LogP contribution in [0.4, 0.5) is 8.78 Å². The Morgan fingerprint density at radius 1 is 1.38 bits per heavy atom. The van der Waals surface area contributed by atoms with E-state index in [0.29, 0.717) is 13.0 Å². The molecule has 0 aliphatic carbocycles. The van der Waals surface area contributed by atoms with Crippen LogP contribution in [-0.4, -0.2) is 17.3 Å². The smallest absolute Gasteiger partial charge is 0.127 e. The van der Waals surface area contributed by atoms with E-state index in [1.165, 1.54) is 0 Å². The summed E-state index contributed by atoms with van der Waals surface area (Å²) < 4.78 is 26.0. The normalized spacial score (nSPS) is 14.8. The summed E-state index contributed by atoms with van der Waals surface area (Å²) in [6.07, 6.45) is 0.603. The minimum absolute atomic E-state index is 0.208. The van der Waals surface area contributed by atoms with E-state index in [1.54, 1.807) is 6.92 Å². The molecule has 0 aromatic heterocycles. The maximum absolute atomic E-state index is 13.2. The van der Waals surface area contributed by atoms with Gasteiger partial charge in [-0.15, -0.1) is 0 Å². The number of aliphatic hydroxyl groups is 1. The van der Waals surface area contributed by atoms with Crippen LogP contribution in [0.2, 0.25) is 0 Å². The second kappa shape index (κ2) is 5.37. The van der Waals surface area contributed by atoms with Crippen molar-refractivity contribution in [2.75, 3.05) is 6.54 Å². The highest BCUT2D eigenvalue weighted by Crippen LogP contribution is 2.10. The van der Waals surface area contributed by atoms with E-state index in [9.17, 15) is 13.9 Å². The van der Waals surface area contributed by atoms with Crippen LogP contribution >= 0.6 is 0 Å². The topological polar surface area (TPSA) is 32.3 Å². The molecular formula is C12H17F2NO. The highest BCUT2D eigenvalue weighted by molar-refractivity contribution is 5.18. The molecule has 2 N–H and O–H groups in total. The van der Waals surface area contributed by atoms with Gasteiger partial charge in [0.05, 0.1) is 5.60 Å². The van der Waals surface area contributed by atoms with Crippen LogP contribution in [0.5, 0.6) is 0 Å². The summed E-state index contributed by atoms with van der Waals surface area (Å²) in [4.78, 5) is 0. The lowest BCUT2D eigenvalue weighted by molar-refractivity contribution is 0.0555. The molecule has 1 unspecified atom stereocenters. The van der Waals surface area contributed by atoms with Gasteiger partial charge in [-0.25, -0.2) is 8.78 Å². The van der Waals surface area contributed by atoms with Crippen molar-refractivity contribution >= 4 is 0 Å². The van der Waals surface area contributed by atoms with E-state index in [-0.39, 0.29) is 12.1 Å². The van der Waals surface area contributed by atoms with E-state index in [1.807, 2.05) is 6.92 Å². The Morgan fingerprint density at radius 3 is 2.69 bits per heavy atom. The zero-order chi connectivity index (χ0) is 12.2. The zero-order valence-corrected chi connectivity index (χ0v) is 9.56. The van der Waals surface area contributed by atoms with Gasteiger partial charge in [0, 0.05) is 18.7 Å². The molecule has 0 aliphatic heterocycles. The first-order chi connectivity index (χ1) is 7.44. The van der Waals surface area contributed by atoms with Crippen LogP contribution in [0.3, 0.4) is 0 Å². The first-order valence-corrected chi connectivity index (χ1v) is 5.31. The molecule has 90 valence electrons. The molecule has 1 rings (SSSR count). The van der Waals surface area contributed by atoms with E-state index in [2.05, 4.69) is 5.32 Å². The van der Waals surface area contributed by atoms with Gasteiger partial charge in [0.15, 0.2) is 0 Å². The number of halogens is 2. The van der Waals surface area contributed by atoms with Gasteiger partial charge in [0.2, 0.25) is 0 Å². The molecule has 0 spiro atoms. The average molecular weight is 229 g/mol. The maximum atomic E-state index is 13.2. The number of nitrogens with one attached hydrogen (secondary N) is 1. The summed E-state index contributed by atoms with van der Waals surface area (Å²) >= 11 is 0. The number of benzene rings is 1. The fourth-order valence-corrected chi connectivity index (χ4v) is 1.27. The summed E-state index contributed by atoms with van der Waals surface area (Å²) in [7, 11) is 0. The van der Waals surface area contributed by atoms with Crippen LogP contribution in [-0.2, 0) is 6.54 Å². The summed E-state index contributed by atoms with van der Waals surface area (Å²) in [5.41, 5.74) is -0.545. The Labute approximate surface area is 94.3 Å². The van der Waals surface area contributed by atoms with Crippen molar-refractivity contribution in [2.45, 2.75) is 32.4 Å². The monoisotopic (exact) mass is 229 g/mol. The molecule has 0 aliphatic rings. The zero-order valence-electron chi connectivity index (χ0n) is 9.56. The third-order valence-corrected chi connectivity index (χ3v) is 2.59. The standard InChI is InChI=1S/C12H17F2NO/c1-3-12(2,16)8-15-7-9-6-10(13)4-5-11(9)14/h4-6,15-16H,3,7-8H2,1-2H3. The molecule has 0 amide bonds. The van der Waals surface area contributed by atoms with Crippen molar-refractivity contribution in [3.8, 4) is 0 Å². The van der Waals surface area contributed by atoms with Crippen LogP contribution in [0.25, 0.3) is 0 Å². The first-order valence-electron chi connectivity index (χ1n) is 5.31. The van der Waals surface area contributed by atoms with Crippen LogP contribution in [0, 0.1) is 11.6 Å². The highest BCUT2D eigenvalue weighted by atomic mass is 19.1. The van der Waals surface area contributed by atoms with Gasteiger partial charge in [-0.3, -0.25) is 0 Å². The van der Waals surface area contributed by atoms with Crippen molar-refractivity contribution in [1.29, 1.82) is 0 Å². The molecule has 0 saturated carbocycles. The molecule has 16 heavy (non-hydrogen) atoms. The first kappa shape index (κ1) is 13.1. The molecule has 0 bridgehead atoms. The molecule has 1 aromatic rings. The van der Waals surface area contributed by atoms with E-state index < -0.39 is 17.2 Å². The molecule has 4 heteroatoms. The fraction of sp³-hybridized carbons (Fsp3) is 0.500. The van der Waals surface area contributed by atoms with Gasteiger partial charge >= 0.3 is 0 Å². The van der Waals surface area contributed by atoms with Gasteiger partial charge in [-0.2, -0.15) is 0 Å². The second-order valence-corrected chi connectivity index (χ2v) is 4.19. The number of hydrogen-bond acceptors (Lipinski definition) is 2. The van der Waals surface area contributed by atoms with Crippen LogP contribution in [0.1, 0.15) is 25.8 Å².